The normalized spacial score (nSPS) is 31.2. The number of hydrogen-bond acceptors (Lipinski definition) is 4. The molecular weight excluding hydrogens is 258 g/mol. The summed E-state index contributed by atoms with van der Waals surface area (Å²) >= 11 is 0. The Hall–Kier alpha value is -1.07. The van der Waals surface area contributed by atoms with Crippen LogP contribution in [0.4, 0.5) is 0 Å². The molecular formula is C15H20NO4. The van der Waals surface area contributed by atoms with Crippen molar-refractivity contribution in [1.82, 2.24) is 4.90 Å². The van der Waals surface area contributed by atoms with E-state index in [9.17, 15) is 4.79 Å². The Morgan fingerprint density at radius 2 is 1.90 bits per heavy atom. The van der Waals surface area contributed by atoms with Crippen molar-refractivity contribution in [2.45, 2.75) is 6.92 Å². The highest BCUT2D eigenvalue weighted by atomic mass is 16.5. The van der Waals surface area contributed by atoms with Crippen molar-refractivity contribution < 1.29 is 19.0 Å². The fraction of sp³-hybridized carbons (Fsp3) is 0.467. The van der Waals surface area contributed by atoms with Gasteiger partial charge in [-0.2, -0.15) is 0 Å². The highest BCUT2D eigenvalue weighted by Crippen LogP contribution is 2.51. The van der Waals surface area contributed by atoms with Gasteiger partial charge in [-0.15, -0.1) is 0 Å². The molecule has 5 heteroatoms. The van der Waals surface area contributed by atoms with E-state index >= 15 is 0 Å². The quantitative estimate of drug-likeness (QED) is 0.577. The van der Waals surface area contributed by atoms with E-state index < -0.39 is 5.41 Å². The lowest BCUT2D eigenvalue weighted by molar-refractivity contribution is -0.123. The Morgan fingerprint density at radius 1 is 1.25 bits per heavy atom. The van der Waals surface area contributed by atoms with Crippen LogP contribution >= 0.6 is 0 Å². The number of carbonyl (C=O) groups is 1. The Bertz CT molecular complexity index is 420. The summed E-state index contributed by atoms with van der Waals surface area (Å²) in [4.78, 5) is 14.1. The average Bonchev–Trinajstić information content (AvgIpc) is 2.69. The highest BCUT2D eigenvalue weighted by Gasteiger charge is 2.54. The molecule has 0 aromatic heterocycles. The lowest BCUT2D eigenvalue weighted by atomic mass is 9.68. The molecule has 109 valence electrons. The Kier molecular flexibility index (Phi) is 4.39. The SMILES string of the molecule is CO[C]1[CH][CH]C2([CH][C]1OC)CN(C)C(=O)/C2=C(\C)OC. The highest BCUT2D eigenvalue weighted by molar-refractivity contribution is 5.99. The van der Waals surface area contributed by atoms with E-state index in [0.717, 1.165) is 0 Å². The summed E-state index contributed by atoms with van der Waals surface area (Å²) in [6.45, 7) is 2.36. The van der Waals surface area contributed by atoms with E-state index in [4.69, 9.17) is 14.2 Å². The minimum Gasteiger partial charge on any atom is -0.501 e. The summed E-state index contributed by atoms with van der Waals surface area (Å²) in [5.74, 6) is 0.595. The lowest BCUT2D eigenvalue weighted by Gasteiger charge is -2.39. The van der Waals surface area contributed by atoms with E-state index in [0.29, 0.717) is 30.1 Å². The van der Waals surface area contributed by atoms with Gasteiger partial charge in [0.25, 0.3) is 5.91 Å². The third-order valence-electron chi connectivity index (χ3n) is 3.79. The first-order valence-electron chi connectivity index (χ1n) is 6.37. The first-order chi connectivity index (χ1) is 9.49. The number of likely N-dealkylation sites (tertiary alicyclic amines) is 1. The fourth-order valence-electron chi connectivity index (χ4n) is 2.76. The van der Waals surface area contributed by atoms with Gasteiger partial charge in [-0.25, -0.2) is 0 Å². The van der Waals surface area contributed by atoms with Crippen molar-refractivity contribution in [3.05, 3.63) is 42.8 Å². The number of allylic oxidation sites excluding steroid dienone is 1. The summed E-state index contributed by atoms with van der Waals surface area (Å²) < 4.78 is 15.9. The molecule has 2 rings (SSSR count). The molecule has 1 aliphatic heterocycles. The van der Waals surface area contributed by atoms with Crippen LogP contribution in [0.15, 0.2) is 11.3 Å². The second kappa shape index (κ2) is 5.74. The van der Waals surface area contributed by atoms with E-state index in [1.165, 1.54) is 0 Å². The minimum atomic E-state index is -0.528. The molecule has 2 aliphatic rings. The number of nitrogens with zero attached hydrogens (tertiary/aromatic N) is 1. The monoisotopic (exact) mass is 278 g/mol. The van der Waals surface area contributed by atoms with Crippen molar-refractivity contribution in [3.8, 4) is 0 Å². The molecule has 1 heterocycles. The number of carbonyl (C=O) groups excluding carboxylic acids is 1. The van der Waals surface area contributed by atoms with Gasteiger partial charge in [0.15, 0.2) is 0 Å². The largest absolute Gasteiger partial charge is 0.501 e. The number of amides is 1. The molecule has 2 fully saturated rings. The standard InChI is InChI=1S/C15H20NO4/c1-10(18-3)13-14(17)16(2)9-15(13)7-6-11(19-4)12(8-15)20-5/h6-8H,9H2,1-5H3/b13-10-. The molecule has 5 radical (unpaired) electrons. The maximum atomic E-state index is 12.4. The molecule has 20 heavy (non-hydrogen) atoms. The predicted molar refractivity (Wildman–Crippen MR) is 73.2 cm³/mol. The zero-order valence-electron chi connectivity index (χ0n) is 12.5. The zero-order chi connectivity index (χ0) is 14.9. The molecule has 1 atom stereocenters. The van der Waals surface area contributed by atoms with Gasteiger partial charge in [-0.1, -0.05) is 0 Å². The van der Waals surface area contributed by atoms with E-state index in [2.05, 4.69) is 0 Å². The number of ether oxygens (including phenoxy) is 3. The lowest BCUT2D eigenvalue weighted by Crippen LogP contribution is -2.38. The molecule has 1 unspecified atom stereocenters. The third-order valence-corrected chi connectivity index (χ3v) is 3.79. The summed E-state index contributed by atoms with van der Waals surface area (Å²) in [6.07, 6.45) is 7.00. The average molecular weight is 278 g/mol. The number of likely N-dealkylation sites (N-methyl/N-ethyl adjacent to an activating group) is 1. The van der Waals surface area contributed by atoms with Crippen LogP contribution in [0.1, 0.15) is 6.92 Å². The van der Waals surface area contributed by atoms with Gasteiger partial charge < -0.3 is 19.1 Å². The molecule has 0 bridgehead atoms. The van der Waals surface area contributed by atoms with Crippen LogP contribution < -0.4 is 0 Å². The molecule has 1 saturated carbocycles. The van der Waals surface area contributed by atoms with Crippen molar-refractivity contribution in [1.29, 1.82) is 0 Å². The van der Waals surface area contributed by atoms with Crippen molar-refractivity contribution >= 4 is 5.91 Å². The summed E-state index contributed by atoms with van der Waals surface area (Å²) in [7, 11) is 6.53. The van der Waals surface area contributed by atoms with Crippen molar-refractivity contribution in [3.63, 3.8) is 0 Å². The van der Waals surface area contributed by atoms with Gasteiger partial charge in [0.05, 0.1) is 12.7 Å². The van der Waals surface area contributed by atoms with Gasteiger partial charge in [0, 0.05) is 46.1 Å². The second-order valence-electron chi connectivity index (χ2n) is 4.95. The van der Waals surface area contributed by atoms with Crippen LogP contribution in [0.5, 0.6) is 0 Å². The topological polar surface area (TPSA) is 48.0 Å². The Balaban J connectivity index is 2.36. The number of hydrogen-bond donors (Lipinski definition) is 0. The first-order valence-corrected chi connectivity index (χ1v) is 6.37. The van der Waals surface area contributed by atoms with E-state index in [-0.39, 0.29) is 5.91 Å². The van der Waals surface area contributed by atoms with E-state index in [1.54, 1.807) is 40.2 Å². The molecule has 0 aromatic carbocycles. The maximum Gasteiger partial charge on any atom is 0.253 e. The van der Waals surface area contributed by atoms with Crippen LogP contribution in [-0.4, -0.2) is 45.7 Å². The van der Waals surface area contributed by atoms with Gasteiger partial charge in [-0.3, -0.25) is 4.79 Å². The second-order valence-corrected chi connectivity index (χ2v) is 4.95. The Morgan fingerprint density at radius 3 is 2.45 bits per heavy atom. The molecule has 1 amide bonds. The smallest absolute Gasteiger partial charge is 0.253 e. The fourth-order valence-corrected chi connectivity index (χ4v) is 2.76. The van der Waals surface area contributed by atoms with Gasteiger partial charge in [0.2, 0.25) is 0 Å². The molecule has 0 aromatic rings. The Labute approximate surface area is 120 Å². The third kappa shape index (κ3) is 2.33. The van der Waals surface area contributed by atoms with Crippen molar-refractivity contribution in [2.24, 2.45) is 5.41 Å². The number of rotatable bonds is 3. The van der Waals surface area contributed by atoms with Crippen LogP contribution in [0.2, 0.25) is 0 Å². The summed E-state index contributed by atoms with van der Waals surface area (Å²) in [6, 6.07) is 0. The molecule has 1 saturated heterocycles. The van der Waals surface area contributed by atoms with Crippen LogP contribution in [-0.2, 0) is 19.0 Å². The number of methoxy groups -OCH3 is 3. The van der Waals surface area contributed by atoms with Gasteiger partial charge >= 0.3 is 0 Å². The predicted octanol–water partition coefficient (Wildman–Crippen LogP) is 1.35. The first kappa shape index (κ1) is 15.3. The van der Waals surface area contributed by atoms with E-state index in [1.807, 2.05) is 19.3 Å². The maximum absolute atomic E-state index is 12.4. The van der Waals surface area contributed by atoms with Crippen LogP contribution in [0, 0.1) is 36.9 Å². The van der Waals surface area contributed by atoms with Gasteiger partial charge in [0.1, 0.15) is 18.0 Å². The summed E-state index contributed by atoms with van der Waals surface area (Å²) in [5, 5.41) is 0. The zero-order valence-corrected chi connectivity index (χ0v) is 12.5. The molecule has 1 spiro atoms. The van der Waals surface area contributed by atoms with Crippen LogP contribution in [0.3, 0.4) is 0 Å². The molecule has 1 aliphatic carbocycles. The minimum absolute atomic E-state index is 0.0263. The van der Waals surface area contributed by atoms with Gasteiger partial charge in [-0.05, 0) is 13.3 Å². The molecule has 0 N–H and O–H groups in total. The van der Waals surface area contributed by atoms with Crippen molar-refractivity contribution in [2.75, 3.05) is 34.9 Å². The molecule has 5 nitrogen and oxygen atoms in total. The summed E-state index contributed by atoms with van der Waals surface area (Å²) in [5.41, 5.74) is 0.114. The van der Waals surface area contributed by atoms with Crippen LogP contribution in [0.25, 0.3) is 0 Å².